The van der Waals surface area contributed by atoms with Crippen LogP contribution in [-0.4, -0.2) is 55.1 Å². The molecule has 1 saturated carbocycles. The molecular formula is C17H35N3. The topological polar surface area (TPSA) is 32.5 Å². The molecule has 0 aromatic carbocycles. The highest BCUT2D eigenvalue weighted by molar-refractivity contribution is 4.87. The minimum Gasteiger partial charge on any atom is -0.329 e. The van der Waals surface area contributed by atoms with Gasteiger partial charge in [0.25, 0.3) is 0 Å². The summed E-state index contributed by atoms with van der Waals surface area (Å²) in [5.74, 6) is 2.54. The molecule has 2 aliphatic rings. The molecule has 0 aromatic rings. The predicted octanol–water partition coefficient (Wildman–Crippen LogP) is 2.41. The maximum atomic E-state index is 6.14. The van der Waals surface area contributed by atoms with E-state index in [0.717, 1.165) is 24.3 Å². The zero-order chi connectivity index (χ0) is 14.5. The van der Waals surface area contributed by atoms with Crippen molar-refractivity contribution < 1.29 is 0 Å². The molecule has 3 heteroatoms. The van der Waals surface area contributed by atoms with Crippen molar-refractivity contribution in [1.29, 1.82) is 0 Å². The van der Waals surface area contributed by atoms with Crippen LogP contribution in [0.15, 0.2) is 0 Å². The Bertz CT molecular complexity index is 271. The van der Waals surface area contributed by atoms with E-state index in [4.69, 9.17) is 5.73 Å². The molecule has 3 unspecified atom stereocenters. The number of piperazine rings is 1. The van der Waals surface area contributed by atoms with E-state index in [0.29, 0.717) is 6.04 Å². The number of nitrogens with zero attached hydrogens (tertiary/aromatic N) is 2. The highest BCUT2D eigenvalue weighted by atomic mass is 15.3. The van der Waals surface area contributed by atoms with Crippen LogP contribution in [0.4, 0.5) is 0 Å². The summed E-state index contributed by atoms with van der Waals surface area (Å²) in [5, 5.41) is 0. The van der Waals surface area contributed by atoms with Gasteiger partial charge in [0.15, 0.2) is 0 Å². The minimum atomic E-state index is 0.638. The monoisotopic (exact) mass is 281 g/mol. The van der Waals surface area contributed by atoms with E-state index in [-0.39, 0.29) is 0 Å². The minimum absolute atomic E-state index is 0.638. The van der Waals surface area contributed by atoms with Gasteiger partial charge in [0.2, 0.25) is 0 Å². The fourth-order valence-electron chi connectivity index (χ4n) is 4.26. The van der Waals surface area contributed by atoms with Gasteiger partial charge in [-0.3, -0.25) is 4.90 Å². The van der Waals surface area contributed by atoms with Crippen molar-refractivity contribution in [2.45, 2.75) is 52.5 Å². The fourth-order valence-corrected chi connectivity index (χ4v) is 4.26. The third kappa shape index (κ3) is 4.44. The van der Waals surface area contributed by atoms with Crippen LogP contribution in [-0.2, 0) is 0 Å². The Morgan fingerprint density at radius 3 is 2.35 bits per heavy atom. The lowest BCUT2D eigenvalue weighted by atomic mass is 9.78. The van der Waals surface area contributed by atoms with Crippen LogP contribution >= 0.6 is 0 Å². The molecule has 118 valence electrons. The molecule has 3 nitrogen and oxygen atoms in total. The van der Waals surface area contributed by atoms with Gasteiger partial charge in [-0.25, -0.2) is 0 Å². The van der Waals surface area contributed by atoms with Crippen LogP contribution in [0.5, 0.6) is 0 Å². The lowest BCUT2D eigenvalue weighted by Gasteiger charge is -2.44. The molecule has 1 aliphatic heterocycles. The fraction of sp³-hybridized carbons (Fsp3) is 1.00. The van der Waals surface area contributed by atoms with Crippen molar-refractivity contribution in [2.24, 2.45) is 23.5 Å². The molecule has 0 spiro atoms. The van der Waals surface area contributed by atoms with Gasteiger partial charge in [-0.1, -0.05) is 33.6 Å². The van der Waals surface area contributed by atoms with Gasteiger partial charge in [-0.2, -0.15) is 0 Å². The van der Waals surface area contributed by atoms with E-state index in [1.807, 2.05) is 0 Å². The van der Waals surface area contributed by atoms with Crippen molar-refractivity contribution in [1.82, 2.24) is 9.80 Å². The van der Waals surface area contributed by atoms with E-state index < -0.39 is 0 Å². The summed E-state index contributed by atoms with van der Waals surface area (Å²) in [4.78, 5) is 5.32. The zero-order valence-corrected chi connectivity index (χ0v) is 13.9. The van der Waals surface area contributed by atoms with Gasteiger partial charge in [-0.15, -0.1) is 0 Å². The molecule has 0 bridgehead atoms. The standard InChI is InChI=1S/C17H35N3/c1-14(2)13-19-7-9-20(10-8-19)17(12-18)16-6-4-5-15(3)11-16/h14-17H,4-13,18H2,1-3H3. The third-order valence-electron chi connectivity index (χ3n) is 5.26. The number of rotatable bonds is 5. The highest BCUT2D eigenvalue weighted by Gasteiger charge is 2.31. The largest absolute Gasteiger partial charge is 0.329 e. The number of hydrogen-bond donors (Lipinski definition) is 1. The van der Waals surface area contributed by atoms with Crippen molar-refractivity contribution in [3.8, 4) is 0 Å². The average Bonchev–Trinajstić information content (AvgIpc) is 2.41. The molecule has 2 rings (SSSR count). The summed E-state index contributed by atoms with van der Waals surface area (Å²) >= 11 is 0. The summed E-state index contributed by atoms with van der Waals surface area (Å²) < 4.78 is 0. The lowest BCUT2D eigenvalue weighted by molar-refractivity contribution is 0.0517. The molecule has 3 atom stereocenters. The van der Waals surface area contributed by atoms with Crippen LogP contribution in [0.3, 0.4) is 0 Å². The molecule has 1 saturated heterocycles. The zero-order valence-electron chi connectivity index (χ0n) is 13.9. The molecule has 0 radical (unpaired) electrons. The van der Waals surface area contributed by atoms with Gasteiger partial charge < -0.3 is 10.6 Å². The van der Waals surface area contributed by atoms with Gasteiger partial charge in [-0.05, 0) is 30.6 Å². The summed E-state index contributed by atoms with van der Waals surface area (Å²) in [7, 11) is 0. The summed E-state index contributed by atoms with van der Waals surface area (Å²) in [6, 6.07) is 0.638. The normalized spacial score (nSPS) is 31.6. The van der Waals surface area contributed by atoms with Crippen LogP contribution in [0, 0.1) is 17.8 Å². The van der Waals surface area contributed by atoms with Crippen molar-refractivity contribution in [3.63, 3.8) is 0 Å². The third-order valence-corrected chi connectivity index (χ3v) is 5.26. The Balaban J connectivity index is 1.83. The predicted molar refractivity (Wildman–Crippen MR) is 86.8 cm³/mol. The second kappa shape index (κ2) is 7.77. The van der Waals surface area contributed by atoms with E-state index in [1.165, 1.54) is 58.4 Å². The smallest absolute Gasteiger partial charge is 0.0247 e. The summed E-state index contributed by atoms with van der Waals surface area (Å²) in [6.45, 7) is 14.1. The summed E-state index contributed by atoms with van der Waals surface area (Å²) in [6.07, 6.45) is 5.64. The van der Waals surface area contributed by atoms with Crippen molar-refractivity contribution in [3.05, 3.63) is 0 Å². The number of hydrogen-bond acceptors (Lipinski definition) is 3. The highest BCUT2D eigenvalue weighted by Crippen LogP contribution is 2.32. The van der Waals surface area contributed by atoms with Gasteiger partial charge >= 0.3 is 0 Å². The maximum Gasteiger partial charge on any atom is 0.0247 e. The molecule has 1 heterocycles. The lowest BCUT2D eigenvalue weighted by Crippen LogP contribution is -2.55. The molecule has 0 amide bonds. The molecular weight excluding hydrogens is 246 g/mol. The Labute approximate surface area is 125 Å². The van der Waals surface area contributed by atoms with E-state index in [2.05, 4.69) is 30.6 Å². The first-order valence-corrected chi connectivity index (χ1v) is 8.76. The quantitative estimate of drug-likeness (QED) is 0.840. The Hall–Kier alpha value is -0.120. The van der Waals surface area contributed by atoms with Gasteiger partial charge in [0.05, 0.1) is 0 Å². The van der Waals surface area contributed by atoms with Crippen molar-refractivity contribution in [2.75, 3.05) is 39.3 Å². The molecule has 1 aliphatic carbocycles. The number of nitrogens with two attached hydrogens (primary N) is 1. The molecule has 2 N–H and O–H groups in total. The molecule has 20 heavy (non-hydrogen) atoms. The Morgan fingerprint density at radius 1 is 1.10 bits per heavy atom. The van der Waals surface area contributed by atoms with E-state index in [9.17, 15) is 0 Å². The Morgan fingerprint density at radius 2 is 1.80 bits per heavy atom. The van der Waals surface area contributed by atoms with Crippen molar-refractivity contribution >= 4 is 0 Å². The first kappa shape index (κ1) is 16.3. The SMILES string of the molecule is CC(C)CN1CCN(C(CN)C2CCCC(C)C2)CC1. The van der Waals surface area contributed by atoms with Crippen LogP contribution in [0.25, 0.3) is 0 Å². The van der Waals surface area contributed by atoms with Gasteiger partial charge in [0, 0.05) is 45.3 Å². The van der Waals surface area contributed by atoms with E-state index in [1.54, 1.807) is 0 Å². The van der Waals surface area contributed by atoms with E-state index >= 15 is 0 Å². The first-order valence-electron chi connectivity index (χ1n) is 8.76. The summed E-state index contributed by atoms with van der Waals surface area (Å²) in [5.41, 5.74) is 6.14. The second-order valence-electron chi connectivity index (χ2n) is 7.57. The van der Waals surface area contributed by atoms with Crippen LogP contribution in [0.1, 0.15) is 46.5 Å². The van der Waals surface area contributed by atoms with Crippen LogP contribution in [0.2, 0.25) is 0 Å². The second-order valence-corrected chi connectivity index (χ2v) is 7.57. The molecule has 0 aromatic heterocycles. The maximum absolute atomic E-state index is 6.14. The average molecular weight is 281 g/mol. The first-order chi connectivity index (χ1) is 9.60. The Kier molecular flexibility index (Phi) is 6.31. The van der Waals surface area contributed by atoms with Gasteiger partial charge in [0.1, 0.15) is 0 Å². The van der Waals surface area contributed by atoms with Crippen LogP contribution < -0.4 is 5.73 Å². The molecule has 2 fully saturated rings.